The number of carbonyl (C=O) groups is 1. The molecule has 0 aliphatic carbocycles. The fourth-order valence-electron chi connectivity index (χ4n) is 2.69. The molecule has 23 heavy (non-hydrogen) atoms. The maximum absolute atomic E-state index is 12.1. The molecule has 1 aromatic carbocycles. The first kappa shape index (κ1) is 17.9. The van der Waals surface area contributed by atoms with Gasteiger partial charge in [0.1, 0.15) is 15.6 Å². The molecule has 0 saturated carbocycles. The first-order chi connectivity index (χ1) is 10.8. The molecule has 1 fully saturated rings. The van der Waals surface area contributed by atoms with E-state index in [-0.39, 0.29) is 17.7 Å². The molecule has 1 heterocycles. The topological polar surface area (TPSA) is 75.7 Å². The first-order valence-corrected chi connectivity index (χ1v) is 9.75. The molecule has 128 valence electrons. The molecule has 0 spiro atoms. The second kappa shape index (κ2) is 7.40. The van der Waals surface area contributed by atoms with Crippen LogP contribution in [0.15, 0.2) is 18.2 Å². The van der Waals surface area contributed by atoms with Gasteiger partial charge in [-0.25, -0.2) is 13.2 Å². The van der Waals surface area contributed by atoms with Crippen molar-refractivity contribution in [2.75, 3.05) is 32.2 Å². The van der Waals surface area contributed by atoms with Gasteiger partial charge < -0.3 is 15.0 Å². The molecule has 2 amide bonds. The zero-order valence-corrected chi connectivity index (χ0v) is 14.8. The number of amides is 2. The molecule has 8 heteroatoms. The number of benzene rings is 1. The van der Waals surface area contributed by atoms with Crippen molar-refractivity contribution >= 4 is 27.5 Å². The summed E-state index contributed by atoms with van der Waals surface area (Å²) in [4.78, 5) is 13.8. The number of carbonyl (C=O) groups excluding carboxylic acids is 1. The average molecular weight is 361 g/mol. The van der Waals surface area contributed by atoms with Crippen molar-refractivity contribution in [3.63, 3.8) is 0 Å². The minimum absolute atomic E-state index is 0.0196. The van der Waals surface area contributed by atoms with Crippen LogP contribution in [0.25, 0.3) is 0 Å². The number of methoxy groups -OCH3 is 1. The Morgan fingerprint density at radius 3 is 2.83 bits per heavy atom. The summed E-state index contributed by atoms with van der Waals surface area (Å²) in [5, 5.41) is 3.32. The van der Waals surface area contributed by atoms with Gasteiger partial charge in [-0.05, 0) is 30.0 Å². The molecule has 0 radical (unpaired) electrons. The molecule has 1 N–H and O–H groups in total. The molecule has 1 saturated heterocycles. The lowest BCUT2D eigenvalue weighted by Crippen LogP contribution is -2.38. The average Bonchev–Trinajstić information content (AvgIpc) is 2.91. The van der Waals surface area contributed by atoms with Gasteiger partial charge in [-0.3, -0.25) is 0 Å². The van der Waals surface area contributed by atoms with Crippen molar-refractivity contribution < 1.29 is 17.9 Å². The number of hydrogen-bond acceptors (Lipinski definition) is 4. The van der Waals surface area contributed by atoms with Crippen LogP contribution in [0.3, 0.4) is 0 Å². The second-order valence-electron chi connectivity index (χ2n) is 5.82. The van der Waals surface area contributed by atoms with Crippen LogP contribution < -0.4 is 10.1 Å². The number of halogens is 1. The lowest BCUT2D eigenvalue weighted by molar-refractivity contribution is 0.207. The molecule has 6 nitrogen and oxygen atoms in total. The zero-order valence-electron chi connectivity index (χ0n) is 13.2. The molecular formula is C15H21ClN2O4S. The van der Waals surface area contributed by atoms with E-state index in [1.165, 1.54) is 6.26 Å². The van der Waals surface area contributed by atoms with E-state index in [1.54, 1.807) is 24.1 Å². The summed E-state index contributed by atoms with van der Waals surface area (Å²) in [7, 11) is -1.46. The maximum Gasteiger partial charge on any atom is 0.317 e. The Hall–Kier alpha value is -1.47. The highest BCUT2D eigenvalue weighted by Gasteiger charge is 2.28. The molecular weight excluding hydrogens is 340 g/mol. The third-order valence-electron chi connectivity index (χ3n) is 3.77. The van der Waals surface area contributed by atoms with Gasteiger partial charge in [0.25, 0.3) is 0 Å². The highest BCUT2D eigenvalue weighted by Crippen LogP contribution is 2.25. The Kier molecular flexibility index (Phi) is 5.75. The van der Waals surface area contributed by atoms with Gasteiger partial charge in [0.15, 0.2) is 0 Å². The first-order valence-electron chi connectivity index (χ1n) is 7.31. The highest BCUT2D eigenvalue weighted by molar-refractivity contribution is 7.90. The predicted molar refractivity (Wildman–Crippen MR) is 89.6 cm³/mol. The Balaban J connectivity index is 1.85. The van der Waals surface area contributed by atoms with Gasteiger partial charge in [0.2, 0.25) is 0 Å². The molecule has 1 unspecified atom stereocenters. The lowest BCUT2D eigenvalue weighted by atomic mass is 10.2. The quantitative estimate of drug-likeness (QED) is 0.870. The second-order valence-corrected chi connectivity index (χ2v) is 8.41. The fourth-order valence-corrected chi connectivity index (χ4v) is 4.10. The number of likely N-dealkylation sites (tertiary alicyclic amines) is 1. The van der Waals surface area contributed by atoms with Crippen molar-refractivity contribution in [3.8, 4) is 5.75 Å². The number of rotatable bonds is 5. The largest absolute Gasteiger partial charge is 0.495 e. The Morgan fingerprint density at radius 1 is 1.48 bits per heavy atom. The third kappa shape index (κ3) is 5.28. The minimum Gasteiger partial charge on any atom is -0.495 e. The number of nitrogens with one attached hydrogen (secondary N) is 1. The van der Waals surface area contributed by atoms with Gasteiger partial charge in [-0.1, -0.05) is 17.7 Å². The van der Waals surface area contributed by atoms with Crippen LogP contribution in [-0.2, 0) is 16.4 Å². The van der Waals surface area contributed by atoms with E-state index >= 15 is 0 Å². The van der Waals surface area contributed by atoms with Crippen molar-refractivity contribution in [3.05, 3.63) is 28.8 Å². The summed E-state index contributed by atoms with van der Waals surface area (Å²) >= 11 is 6.05. The number of urea groups is 1. The summed E-state index contributed by atoms with van der Waals surface area (Å²) < 4.78 is 27.7. The minimum atomic E-state index is -3.01. The third-order valence-corrected chi connectivity index (χ3v) is 5.14. The molecule has 1 atom stereocenters. The predicted octanol–water partition coefficient (Wildman–Crippen LogP) is 1.92. The smallest absolute Gasteiger partial charge is 0.317 e. The summed E-state index contributed by atoms with van der Waals surface area (Å²) in [6.07, 6.45) is 1.94. The molecule has 2 rings (SSSR count). The number of hydrogen-bond donors (Lipinski definition) is 1. The standard InChI is InChI=1S/C15H21ClN2O4S/c1-22-14-4-3-11(7-13(14)16)8-17-15(19)18-6-5-12(9-18)10-23(2,20)21/h3-4,7,12H,5-6,8-10H2,1-2H3,(H,17,19). The number of nitrogens with zero attached hydrogens (tertiary/aromatic N) is 1. The monoisotopic (exact) mass is 360 g/mol. The van der Waals surface area contributed by atoms with Crippen molar-refractivity contribution in [2.24, 2.45) is 5.92 Å². The van der Waals surface area contributed by atoms with Crippen molar-refractivity contribution in [1.29, 1.82) is 0 Å². The zero-order chi connectivity index (χ0) is 17.0. The van der Waals surface area contributed by atoms with Crippen LogP contribution in [0.4, 0.5) is 4.79 Å². The van der Waals surface area contributed by atoms with Crippen molar-refractivity contribution in [2.45, 2.75) is 13.0 Å². The van der Waals surface area contributed by atoms with E-state index < -0.39 is 9.84 Å². The Bertz CT molecular complexity index is 678. The van der Waals surface area contributed by atoms with E-state index in [0.29, 0.717) is 30.4 Å². The summed E-state index contributed by atoms with van der Waals surface area (Å²) in [6.45, 7) is 1.41. The molecule has 0 bridgehead atoms. The van der Waals surface area contributed by atoms with Crippen LogP contribution in [0, 0.1) is 5.92 Å². The summed E-state index contributed by atoms with van der Waals surface area (Å²) in [5.74, 6) is 0.737. The summed E-state index contributed by atoms with van der Waals surface area (Å²) in [5.41, 5.74) is 0.871. The number of ether oxygens (including phenoxy) is 1. The fraction of sp³-hybridized carbons (Fsp3) is 0.533. The van der Waals surface area contributed by atoms with Crippen LogP contribution in [-0.4, -0.2) is 51.6 Å². The van der Waals surface area contributed by atoms with E-state index in [2.05, 4.69) is 5.32 Å². The van der Waals surface area contributed by atoms with Crippen LogP contribution in [0.1, 0.15) is 12.0 Å². The van der Waals surface area contributed by atoms with Gasteiger partial charge in [-0.15, -0.1) is 0 Å². The lowest BCUT2D eigenvalue weighted by Gasteiger charge is -2.17. The van der Waals surface area contributed by atoms with Gasteiger partial charge >= 0.3 is 6.03 Å². The van der Waals surface area contributed by atoms with Gasteiger partial charge in [0, 0.05) is 25.9 Å². The molecule has 1 aliphatic rings. The van der Waals surface area contributed by atoms with Crippen LogP contribution in [0.2, 0.25) is 5.02 Å². The van der Waals surface area contributed by atoms with E-state index in [4.69, 9.17) is 16.3 Å². The molecule has 1 aromatic rings. The van der Waals surface area contributed by atoms with E-state index in [1.807, 2.05) is 6.07 Å². The van der Waals surface area contributed by atoms with Crippen LogP contribution in [0.5, 0.6) is 5.75 Å². The Morgan fingerprint density at radius 2 is 2.22 bits per heavy atom. The molecule has 1 aliphatic heterocycles. The van der Waals surface area contributed by atoms with Gasteiger partial charge in [0.05, 0.1) is 17.9 Å². The maximum atomic E-state index is 12.1. The molecule has 0 aromatic heterocycles. The number of sulfone groups is 1. The summed E-state index contributed by atoms with van der Waals surface area (Å²) in [6, 6.07) is 5.15. The van der Waals surface area contributed by atoms with E-state index in [0.717, 1.165) is 12.0 Å². The highest BCUT2D eigenvalue weighted by atomic mass is 35.5. The van der Waals surface area contributed by atoms with Crippen molar-refractivity contribution in [1.82, 2.24) is 10.2 Å². The van der Waals surface area contributed by atoms with Gasteiger partial charge in [-0.2, -0.15) is 0 Å². The normalized spacial score (nSPS) is 18.0. The Labute approximate surface area is 141 Å². The SMILES string of the molecule is COc1ccc(CNC(=O)N2CCC(CS(C)(=O)=O)C2)cc1Cl. The van der Waals surface area contributed by atoms with E-state index in [9.17, 15) is 13.2 Å². The van der Waals surface area contributed by atoms with Crippen LogP contribution >= 0.6 is 11.6 Å².